The predicted molar refractivity (Wildman–Crippen MR) is 92.1 cm³/mol. The molecule has 0 fully saturated rings. The predicted octanol–water partition coefficient (Wildman–Crippen LogP) is 2.73. The Hall–Kier alpha value is -2.41. The van der Waals surface area contributed by atoms with Crippen molar-refractivity contribution in [3.8, 4) is 0 Å². The number of hydrogen-bond acceptors (Lipinski definition) is 3. The summed E-state index contributed by atoms with van der Waals surface area (Å²) in [5, 5.41) is 5.32. The summed E-state index contributed by atoms with van der Waals surface area (Å²) in [7, 11) is -3.13. The monoisotopic (exact) mass is 350 g/mol. The number of halogens is 1. The Labute approximate surface area is 140 Å². The summed E-state index contributed by atoms with van der Waals surface area (Å²) in [4.78, 5) is 11.9. The Balaban J connectivity index is 1.85. The number of anilines is 1. The van der Waals surface area contributed by atoms with E-state index in [-0.39, 0.29) is 11.6 Å². The van der Waals surface area contributed by atoms with Gasteiger partial charge in [-0.2, -0.15) is 0 Å². The highest BCUT2D eigenvalue weighted by atomic mass is 32.2. The third-order valence-electron chi connectivity index (χ3n) is 3.20. The van der Waals surface area contributed by atoms with Crippen LogP contribution in [0.15, 0.2) is 48.5 Å². The minimum absolute atomic E-state index is 0.0797. The van der Waals surface area contributed by atoms with Gasteiger partial charge in [-0.3, -0.25) is 0 Å². The first-order valence-electron chi connectivity index (χ1n) is 7.38. The Kier molecular flexibility index (Phi) is 5.92. The van der Waals surface area contributed by atoms with Crippen molar-refractivity contribution in [1.82, 2.24) is 5.32 Å². The molecule has 128 valence electrons. The molecule has 2 aromatic rings. The minimum Gasteiger partial charge on any atom is -0.338 e. The lowest BCUT2D eigenvalue weighted by molar-refractivity contribution is 0.252. The van der Waals surface area contributed by atoms with E-state index in [1.54, 1.807) is 36.4 Å². The third-order valence-corrected chi connectivity index (χ3v) is 4.06. The second-order valence-corrected chi connectivity index (χ2v) is 7.67. The van der Waals surface area contributed by atoms with Crippen LogP contribution < -0.4 is 10.6 Å². The number of carbonyl (C=O) groups excluding carboxylic acids is 1. The van der Waals surface area contributed by atoms with Crippen LogP contribution in [0.2, 0.25) is 0 Å². The van der Waals surface area contributed by atoms with Crippen molar-refractivity contribution in [2.75, 3.05) is 18.1 Å². The van der Waals surface area contributed by atoms with Crippen LogP contribution in [0, 0.1) is 5.82 Å². The van der Waals surface area contributed by atoms with E-state index in [9.17, 15) is 17.6 Å². The van der Waals surface area contributed by atoms with Crippen LogP contribution in [0.5, 0.6) is 0 Å². The van der Waals surface area contributed by atoms with Crippen molar-refractivity contribution in [2.45, 2.75) is 12.2 Å². The van der Waals surface area contributed by atoms with E-state index < -0.39 is 15.9 Å². The fourth-order valence-electron chi connectivity index (χ4n) is 2.23. The number of carbonyl (C=O) groups is 1. The fraction of sp³-hybridized carbons (Fsp3) is 0.235. The molecule has 24 heavy (non-hydrogen) atoms. The molecule has 0 aliphatic heterocycles. The average Bonchev–Trinajstić information content (AvgIpc) is 2.45. The Morgan fingerprint density at radius 3 is 2.50 bits per heavy atom. The van der Waals surface area contributed by atoms with E-state index in [1.165, 1.54) is 12.1 Å². The van der Waals surface area contributed by atoms with E-state index in [0.29, 0.717) is 24.2 Å². The number of rotatable bonds is 6. The van der Waals surface area contributed by atoms with Gasteiger partial charge in [-0.25, -0.2) is 17.6 Å². The smallest absolute Gasteiger partial charge is 0.319 e. The van der Waals surface area contributed by atoms with E-state index in [0.717, 1.165) is 11.8 Å². The van der Waals surface area contributed by atoms with Gasteiger partial charge in [0.05, 0.1) is 5.75 Å². The zero-order chi connectivity index (χ0) is 17.6. The van der Waals surface area contributed by atoms with Crippen molar-refractivity contribution in [2.24, 2.45) is 0 Å². The molecule has 2 amide bonds. The molecular weight excluding hydrogens is 331 g/mol. The molecule has 0 radical (unpaired) electrons. The van der Waals surface area contributed by atoms with Gasteiger partial charge in [-0.1, -0.05) is 24.3 Å². The van der Waals surface area contributed by atoms with Crippen molar-refractivity contribution >= 4 is 21.6 Å². The number of amides is 2. The van der Waals surface area contributed by atoms with E-state index in [2.05, 4.69) is 10.6 Å². The largest absolute Gasteiger partial charge is 0.338 e. The van der Waals surface area contributed by atoms with Gasteiger partial charge in [0.25, 0.3) is 0 Å². The highest BCUT2D eigenvalue weighted by Crippen LogP contribution is 2.13. The average molecular weight is 350 g/mol. The molecule has 0 unspecified atom stereocenters. The molecule has 0 aliphatic carbocycles. The van der Waals surface area contributed by atoms with Crippen LogP contribution in [0.25, 0.3) is 0 Å². The summed E-state index contributed by atoms with van der Waals surface area (Å²) in [5.41, 5.74) is 1.92. The van der Waals surface area contributed by atoms with Crippen LogP contribution in [-0.2, 0) is 22.0 Å². The van der Waals surface area contributed by atoms with Gasteiger partial charge < -0.3 is 10.6 Å². The van der Waals surface area contributed by atoms with Crippen LogP contribution in [0.3, 0.4) is 0 Å². The normalized spacial score (nSPS) is 11.1. The van der Waals surface area contributed by atoms with Crippen LogP contribution in [-0.4, -0.2) is 27.2 Å². The number of benzene rings is 2. The lowest BCUT2D eigenvalue weighted by Crippen LogP contribution is -2.30. The first-order valence-corrected chi connectivity index (χ1v) is 9.44. The van der Waals surface area contributed by atoms with Gasteiger partial charge in [0.2, 0.25) is 0 Å². The van der Waals surface area contributed by atoms with Gasteiger partial charge in [-0.15, -0.1) is 0 Å². The number of nitrogens with one attached hydrogen (secondary N) is 2. The van der Waals surface area contributed by atoms with Gasteiger partial charge >= 0.3 is 6.03 Å². The highest BCUT2D eigenvalue weighted by molar-refractivity contribution is 7.89. The fourth-order valence-corrected chi connectivity index (χ4v) is 3.01. The molecular formula is C17H19FN2O3S. The Morgan fingerprint density at radius 2 is 1.79 bits per heavy atom. The van der Waals surface area contributed by atoms with Gasteiger partial charge in [0.15, 0.2) is 9.84 Å². The molecule has 0 bridgehead atoms. The van der Waals surface area contributed by atoms with Crippen LogP contribution in [0.4, 0.5) is 14.9 Å². The van der Waals surface area contributed by atoms with Crippen LogP contribution >= 0.6 is 0 Å². The molecule has 0 spiro atoms. The maximum absolute atomic E-state index is 13.1. The quantitative estimate of drug-likeness (QED) is 0.841. The summed E-state index contributed by atoms with van der Waals surface area (Å²) in [6.45, 7) is 0.359. The topological polar surface area (TPSA) is 75.3 Å². The standard InChI is InChI=1S/C17H19FN2O3S/c1-24(22,23)12-14-5-3-7-16(11-14)20-17(21)19-9-8-13-4-2-6-15(18)10-13/h2-7,10-11H,8-9,12H2,1H3,(H2,19,20,21). The molecule has 0 aromatic heterocycles. The molecule has 0 aliphatic rings. The molecule has 0 heterocycles. The van der Waals surface area contributed by atoms with E-state index >= 15 is 0 Å². The van der Waals surface area contributed by atoms with Crippen molar-refractivity contribution in [3.63, 3.8) is 0 Å². The van der Waals surface area contributed by atoms with E-state index in [4.69, 9.17) is 0 Å². The SMILES string of the molecule is CS(=O)(=O)Cc1cccc(NC(=O)NCCc2cccc(F)c2)c1. The van der Waals surface area contributed by atoms with Crippen molar-refractivity contribution in [3.05, 3.63) is 65.5 Å². The maximum Gasteiger partial charge on any atom is 0.319 e. The second-order valence-electron chi connectivity index (χ2n) is 5.53. The molecule has 7 heteroatoms. The van der Waals surface area contributed by atoms with Gasteiger partial charge in [0.1, 0.15) is 5.82 Å². The minimum atomic E-state index is -3.13. The first-order chi connectivity index (χ1) is 11.3. The number of urea groups is 1. The molecule has 0 atom stereocenters. The molecule has 2 aromatic carbocycles. The molecule has 5 nitrogen and oxygen atoms in total. The molecule has 2 rings (SSSR count). The Morgan fingerprint density at radius 1 is 1.08 bits per heavy atom. The zero-order valence-electron chi connectivity index (χ0n) is 13.3. The lowest BCUT2D eigenvalue weighted by atomic mass is 10.1. The molecule has 2 N–H and O–H groups in total. The van der Waals surface area contributed by atoms with E-state index in [1.807, 2.05) is 0 Å². The van der Waals surface area contributed by atoms with Crippen LogP contribution in [0.1, 0.15) is 11.1 Å². The van der Waals surface area contributed by atoms with Gasteiger partial charge in [0, 0.05) is 18.5 Å². The first kappa shape index (κ1) is 17.9. The summed E-state index contributed by atoms with van der Waals surface area (Å²) in [6.07, 6.45) is 1.67. The summed E-state index contributed by atoms with van der Waals surface area (Å²) < 4.78 is 35.7. The molecule has 0 saturated carbocycles. The second kappa shape index (κ2) is 7.92. The third kappa shape index (κ3) is 6.37. The highest BCUT2D eigenvalue weighted by Gasteiger charge is 2.07. The van der Waals surface area contributed by atoms with Gasteiger partial charge in [-0.05, 0) is 41.8 Å². The Bertz CT molecular complexity index is 822. The maximum atomic E-state index is 13.1. The van der Waals surface area contributed by atoms with Crippen molar-refractivity contribution < 1.29 is 17.6 Å². The summed E-state index contributed by atoms with van der Waals surface area (Å²) in [6, 6.07) is 12.5. The van der Waals surface area contributed by atoms with Crippen molar-refractivity contribution in [1.29, 1.82) is 0 Å². The summed E-state index contributed by atoms with van der Waals surface area (Å²) >= 11 is 0. The zero-order valence-corrected chi connectivity index (χ0v) is 14.1. The number of sulfone groups is 1. The molecule has 0 saturated heterocycles. The lowest BCUT2D eigenvalue weighted by Gasteiger charge is -2.09. The number of hydrogen-bond donors (Lipinski definition) is 2. The summed E-state index contributed by atoms with van der Waals surface area (Å²) in [5.74, 6) is -0.386.